The quantitative estimate of drug-likeness (QED) is 0.668. The molecular formula is C16H18BrN. The topological polar surface area (TPSA) is 3.24 Å². The van der Waals surface area contributed by atoms with Crippen LogP contribution in [0.15, 0.2) is 54.6 Å². The smallest absolute Gasteiger partial charge is 0.0562 e. The fourth-order valence-corrected chi connectivity index (χ4v) is 2.52. The van der Waals surface area contributed by atoms with Crippen molar-refractivity contribution in [3.8, 4) is 0 Å². The van der Waals surface area contributed by atoms with Crippen LogP contribution in [0.1, 0.15) is 26.3 Å². The highest BCUT2D eigenvalue weighted by molar-refractivity contribution is 9.10. The summed E-state index contributed by atoms with van der Waals surface area (Å²) < 4.78 is 2.06. The Hall–Kier alpha value is -1.28. The van der Waals surface area contributed by atoms with Gasteiger partial charge in [-0.25, -0.2) is 0 Å². The second-order valence-corrected chi connectivity index (χ2v) is 6.09. The first kappa shape index (κ1) is 13.2. The first-order valence-electron chi connectivity index (χ1n) is 6.10. The second kappa shape index (κ2) is 5.15. The Bertz CT molecular complexity index is 514. The summed E-state index contributed by atoms with van der Waals surface area (Å²) in [5.74, 6) is 0. The molecule has 94 valence electrons. The molecule has 1 nitrogen and oxygen atoms in total. The van der Waals surface area contributed by atoms with Crippen LogP contribution in [-0.2, 0) is 5.41 Å². The van der Waals surface area contributed by atoms with E-state index in [1.807, 2.05) is 18.2 Å². The number of anilines is 2. The lowest BCUT2D eigenvalue weighted by molar-refractivity contribution is 0.591. The van der Waals surface area contributed by atoms with E-state index < -0.39 is 0 Å². The van der Waals surface area contributed by atoms with E-state index in [4.69, 9.17) is 0 Å². The third kappa shape index (κ3) is 2.75. The number of hydrogen-bond acceptors (Lipinski definition) is 1. The van der Waals surface area contributed by atoms with Crippen LogP contribution in [0, 0.1) is 0 Å². The molecule has 2 aromatic rings. The van der Waals surface area contributed by atoms with Crippen molar-refractivity contribution in [2.45, 2.75) is 26.2 Å². The summed E-state index contributed by atoms with van der Waals surface area (Å²) >= 11 is 3.67. The molecule has 0 fully saturated rings. The average Bonchev–Trinajstić information content (AvgIpc) is 2.38. The molecule has 0 radical (unpaired) electrons. The van der Waals surface area contributed by atoms with E-state index >= 15 is 0 Å². The van der Waals surface area contributed by atoms with E-state index in [0.717, 1.165) is 5.69 Å². The summed E-state index contributed by atoms with van der Waals surface area (Å²) in [6, 6.07) is 18.8. The fraction of sp³-hybridized carbons (Fsp3) is 0.250. The van der Waals surface area contributed by atoms with E-state index in [2.05, 4.69) is 77.2 Å². The molecule has 0 N–H and O–H groups in total. The van der Waals surface area contributed by atoms with E-state index in [0.29, 0.717) is 0 Å². The fourth-order valence-electron chi connectivity index (χ4n) is 1.98. The van der Waals surface area contributed by atoms with Crippen LogP contribution in [0.2, 0.25) is 0 Å². The summed E-state index contributed by atoms with van der Waals surface area (Å²) in [7, 11) is 0. The van der Waals surface area contributed by atoms with Crippen molar-refractivity contribution in [3.63, 3.8) is 0 Å². The molecule has 0 bridgehead atoms. The van der Waals surface area contributed by atoms with Crippen LogP contribution in [0.5, 0.6) is 0 Å². The molecule has 0 aliphatic rings. The van der Waals surface area contributed by atoms with Gasteiger partial charge in [0.15, 0.2) is 0 Å². The van der Waals surface area contributed by atoms with Crippen molar-refractivity contribution in [1.29, 1.82) is 0 Å². The maximum absolute atomic E-state index is 3.67. The van der Waals surface area contributed by atoms with Crippen LogP contribution in [-0.4, -0.2) is 0 Å². The molecular weight excluding hydrogens is 286 g/mol. The average molecular weight is 304 g/mol. The van der Waals surface area contributed by atoms with Crippen molar-refractivity contribution in [1.82, 2.24) is 0 Å². The van der Waals surface area contributed by atoms with E-state index in [1.165, 1.54) is 11.3 Å². The van der Waals surface area contributed by atoms with Gasteiger partial charge in [-0.1, -0.05) is 57.2 Å². The van der Waals surface area contributed by atoms with E-state index in [-0.39, 0.29) is 5.41 Å². The lowest BCUT2D eigenvalue weighted by atomic mass is 9.86. The Labute approximate surface area is 118 Å². The first-order valence-corrected chi connectivity index (χ1v) is 6.81. The summed E-state index contributed by atoms with van der Waals surface area (Å²) in [6.07, 6.45) is 0. The zero-order valence-electron chi connectivity index (χ0n) is 11.0. The zero-order valence-corrected chi connectivity index (χ0v) is 12.6. The minimum Gasteiger partial charge on any atom is -0.277 e. The van der Waals surface area contributed by atoms with Crippen LogP contribution in [0.4, 0.5) is 11.4 Å². The number of halogens is 1. The van der Waals surface area contributed by atoms with Gasteiger partial charge in [0.1, 0.15) is 0 Å². The molecule has 0 aliphatic carbocycles. The summed E-state index contributed by atoms with van der Waals surface area (Å²) in [4.78, 5) is 0. The molecule has 2 rings (SSSR count). The Kier molecular flexibility index (Phi) is 3.76. The molecule has 18 heavy (non-hydrogen) atoms. The summed E-state index contributed by atoms with van der Waals surface area (Å²) in [6.45, 7) is 6.70. The minimum atomic E-state index is 0.122. The largest absolute Gasteiger partial charge is 0.277 e. The minimum absolute atomic E-state index is 0.122. The highest BCUT2D eigenvalue weighted by atomic mass is 79.9. The van der Waals surface area contributed by atoms with Crippen molar-refractivity contribution in [2.24, 2.45) is 0 Å². The van der Waals surface area contributed by atoms with E-state index in [9.17, 15) is 0 Å². The molecule has 0 spiro atoms. The van der Waals surface area contributed by atoms with Crippen LogP contribution in [0.25, 0.3) is 0 Å². The number of rotatable bonds is 2. The Morgan fingerprint density at radius 1 is 0.833 bits per heavy atom. The van der Waals surface area contributed by atoms with Gasteiger partial charge in [0.25, 0.3) is 0 Å². The van der Waals surface area contributed by atoms with Crippen molar-refractivity contribution >= 4 is 27.5 Å². The second-order valence-electron chi connectivity index (χ2n) is 5.38. The third-order valence-electron chi connectivity index (χ3n) is 2.91. The van der Waals surface area contributed by atoms with Crippen LogP contribution < -0.4 is 3.93 Å². The van der Waals surface area contributed by atoms with Crippen LogP contribution in [0.3, 0.4) is 0 Å². The van der Waals surface area contributed by atoms with Gasteiger partial charge >= 0.3 is 0 Å². The number of nitrogens with zero attached hydrogens (tertiary/aromatic N) is 1. The summed E-state index contributed by atoms with van der Waals surface area (Å²) in [5.41, 5.74) is 3.77. The molecule has 2 heteroatoms. The van der Waals surface area contributed by atoms with Crippen molar-refractivity contribution < 1.29 is 0 Å². The Morgan fingerprint density at radius 3 is 2.00 bits per heavy atom. The molecule has 0 amide bonds. The molecule has 0 aromatic heterocycles. The normalized spacial score (nSPS) is 11.3. The third-order valence-corrected chi connectivity index (χ3v) is 3.70. The number of benzene rings is 2. The van der Waals surface area contributed by atoms with E-state index in [1.54, 1.807) is 0 Å². The molecule has 0 unspecified atom stereocenters. The molecule has 0 saturated carbocycles. The highest BCUT2D eigenvalue weighted by Gasteiger charge is 2.20. The van der Waals surface area contributed by atoms with Gasteiger partial charge in [-0.05, 0) is 29.2 Å². The molecule has 0 aliphatic heterocycles. The lowest BCUT2D eigenvalue weighted by Crippen LogP contribution is -2.15. The number of hydrogen-bond donors (Lipinski definition) is 0. The van der Waals surface area contributed by atoms with Gasteiger partial charge in [0, 0.05) is 0 Å². The molecule has 2 aromatic carbocycles. The van der Waals surface area contributed by atoms with Gasteiger partial charge in [-0.3, -0.25) is 3.93 Å². The summed E-state index contributed by atoms with van der Waals surface area (Å²) in [5, 5.41) is 0. The standard InChI is InChI=1S/C16H18BrN/c1-16(2,3)14-11-7-8-12-15(14)18(17)13-9-5-4-6-10-13/h4-12H,1-3H3. The monoisotopic (exact) mass is 303 g/mol. The molecule has 0 atom stereocenters. The predicted octanol–water partition coefficient (Wildman–Crippen LogP) is 5.43. The Morgan fingerprint density at radius 2 is 1.39 bits per heavy atom. The van der Waals surface area contributed by atoms with Crippen LogP contribution >= 0.6 is 16.1 Å². The number of para-hydroxylation sites is 2. The van der Waals surface area contributed by atoms with Gasteiger partial charge in [-0.2, -0.15) is 0 Å². The van der Waals surface area contributed by atoms with Crippen molar-refractivity contribution in [3.05, 3.63) is 60.2 Å². The maximum atomic E-state index is 3.67. The maximum Gasteiger partial charge on any atom is 0.0562 e. The highest BCUT2D eigenvalue weighted by Crippen LogP contribution is 2.37. The SMILES string of the molecule is CC(C)(C)c1ccccc1N(Br)c1ccccc1. The van der Waals surface area contributed by atoms with Gasteiger partial charge < -0.3 is 0 Å². The van der Waals surface area contributed by atoms with Gasteiger partial charge in [0.2, 0.25) is 0 Å². The first-order chi connectivity index (χ1) is 8.50. The molecule has 0 saturated heterocycles. The van der Waals surface area contributed by atoms with Gasteiger partial charge in [0.05, 0.1) is 27.5 Å². The molecule has 0 heterocycles. The Balaban J connectivity index is 2.46. The van der Waals surface area contributed by atoms with Crippen molar-refractivity contribution in [2.75, 3.05) is 3.93 Å². The zero-order chi connectivity index (χ0) is 13.2. The lowest BCUT2D eigenvalue weighted by Gasteiger charge is -2.27. The van der Waals surface area contributed by atoms with Gasteiger partial charge in [-0.15, -0.1) is 0 Å². The predicted molar refractivity (Wildman–Crippen MR) is 82.7 cm³/mol.